The van der Waals surface area contributed by atoms with Gasteiger partial charge in [-0.05, 0) is 24.6 Å². The molecular formula is C11H12N2O2. The first-order valence-electron chi connectivity index (χ1n) is 4.49. The average molecular weight is 204 g/mol. The predicted molar refractivity (Wildman–Crippen MR) is 56.6 cm³/mol. The van der Waals surface area contributed by atoms with Gasteiger partial charge in [-0.25, -0.2) is 0 Å². The number of anilines is 1. The molecule has 78 valence electrons. The zero-order valence-electron chi connectivity index (χ0n) is 8.70. The van der Waals surface area contributed by atoms with Crippen LogP contribution in [-0.2, 0) is 4.79 Å². The van der Waals surface area contributed by atoms with Crippen molar-refractivity contribution in [3.8, 4) is 11.8 Å². The van der Waals surface area contributed by atoms with E-state index in [0.29, 0.717) is 11.4 Å². The van der Waals surface area contributed by atoms with Crippen LogP contribution in [0.4, 0.5) is 5.69 Å². The molecule has 0 heterocycles. The second-order valence-corrected chi connectivity index (χ2v) is 3.09. The second kappa shape index (κ2) is 5.01. The van der Waals surface area contributed by atoms with Gasteiger partial charge in [0.15, 0.2) is 0 Å². The minimum Gasteiger partial charge on any atom is -0.495 e. The van der Waals surface area contributed by atoms with Gasteiger partial charge in [0.1, 0.15) is 12.2 Å². The lowest BCUT2D eigenvalue weighted by Gasteiger charge is -2.09. The van der Waals surface area contributed by atoms with Crippen LogP contribution in [0.15, 0.2) is 18.2 Å². The molecule has 0 radical (unpaired) electrons. The van der Waals surface area contributed by atoms with Crippen molar-refractivity contribution in [2.75, 3.05) is 12.4 Å². The highest BCUT2D eigenvalue weighted by Gasteiger charge is 2.06. The van der Waals surface area contributed by atoms with Crippen LogP contribution in [0.3, 0.4) is 0 Å². The highest BCUT2D eigenvalue weighted by atomic mass is 16.5. The van der Waals surface area contributed by atoms with E-state index in [1.54, 1.807) is 18.2 Å². The molecule has 0 aliphatic rings. The minimum atomic E-state index is -0.332. The van der Waals surface area contributed by atoms with Crippen LogP contribution in [0.25, 0.3) is 0 Å². The maximum Gasteiger partial charge on any atom is 0.238 e. The number of carbonyl (C=O) groups is 1. The molecule has 0 fully saturated rings. The summed E-state index contributed by atoms with van der Waals surface area (Å²) in [5, 5.41) is 11.0. The predicted octanol–water partition coefficient (Wildman–Crippen LogP) is 1.86. The number of benzene rings is 1. The molecule has 0 aliphatic heterocycles. The summed E-state index contributed by atoms with van der Waals surface area (Å²) in [6.07, 6.45) is -0.156. The molecule has 4 nitrogen and oxygen atoms in total. The first-order chi connectivity index (χ1) is 7.17. The Hall–Kier alpha value is -2.02. The third kappa shape index (κ3) is 2.99. The third-order valence-electron chi connectivity index (χ3n) is 1.87. The van der Waals surface area contributed by atoms with Crippen molar-refractivity contribution in [2.45, 2.75) is 13.3 Å². The number of nitrogens with one attached hydrogen (secondary N) is 1. The van der Waals surface area contributed by atoms with Gasteiger partial charge in [0.25, 0.3) is 0 Å². The fourth-order valence-electron chi connectivity index (χ4n) is 1.19. The van der Waals surface area contributed by atoms with E-state index in [4.69, 9.17) is 10.00 Å². The SMILES string of the molecule is COc1ccc(C)cc1NC(=O)CC#N. The van der Waals surface area contributed by atoms with Crippen molar-refractivity contribution in [3.05, 3.63) is 23.8 Å². The minimum absolute atomic E-state index is 0.156. The van der Waals surface area contributed by atoms with E-state index in [-0.39, 0.29) is 12.3 Å². The molecule has 1 rings (SSSR count). The number of rotatable bonds is 3. The number of nitrogens with zero attached hydrogens (tertiary/aromatic N) is 1. The van der Waals surface area contributed by atoms with Crippen molar-refractivity contribution in [3.63, 3.8) is 0 Å². The van der Waals surface area contributed by atoms with E-state index < -0.39 is 0 Å². The maximum atomic E-state index is 11.2. The van der Waals surface area contributed by atoms with Gasteiger partial charge in [0.05, 0.1) is 18.9 Å². The Bertz CT molecular complexity index is 408. The molecular weight excluding hydrogens is 192 g/mol. The molecule has 1 aromatic rings. The summed E-state index contributed by atoms with van der Waals surface area (Å²) in [6, 6.07) is 7.25. The molecule has 1 N–H and O–H groups in total. The summed E-state index contributed by atoms with van der Waals surface area (Å²) in [5.41, 5.74) is 1.61. The molecule has 0 aliphatic carbocycles. The van der Waals surface area contributed by atoms with Gasteiger partial charge in [-0.15, -0.1) is 0 Å². The molecule has 0 saturated carbocycles. The smallest absolute Gasteiger partial charge is 0.238 e. The summed E-state index contributed by atoms with van der Waals surface area (Å²) in [7, 11) is 1.53. The van der Waals surface area contributed by atoms with Gasteiger partial charge in [0.2, 0.25) is 5.91 Å². The summed E-state index contributed by atoms with van der Waals surface area (Å²) >= 11 is 0. The molecule has 0 saturated heterocycles. The van der Waals surface area contributed by atoms with Gasteiger partial charge in [-0.1, -0.05) is 6.07 Å². The Balaban J connectivity index is 2.88. The van der Waals surface area contributed by atoms with Crippen LogP contribution in [0, 0.1) is 18.3 Å². The summed E-state index contributed by atoms with van der Waals surface area (Å²) in [5.74, 6) is 0.258. The molecule has 15 heavy (non-hydrogen) atoms. The van der Waals surface area contributed by atoms with Crippen molar-refractivity contribution in [1.82, 2.24) is 0 Å². The first-order valence-corrected chi connectivity index (χ1v) is 4.49. The fraction of sp³-hybridized carbons (Fsp3) is 0.273. The Morgan fingerprint density at radius 2 is 2.33 bits per heavy atom. The van der Waals surface area contributed by atoms with Crippen LogP contribution < -0.4 is 10.1 Å². The van der Waals surface area contributed by atoms with Gasteiger partial charge < -0.3 is 10.1 Å². The zero-order valence-corrected chi connectivity index (χ0v) is 8.70. The molecule has 4 heteroatoms. The third-order valence-corrected chi connectivity index (χ3v) is 1.87. The molecule has 0 spiro atoms. The van der Waals surface area contributed by atoms with Crippen LogP contribution >= 0.6 is 0 Å². The monoisotopic (exact) mass is 204 g/mol. The molecule has 0 unspecified atom stereocenters. The van der Waals surface area contributed by atoms with Crippen LogP contribution in [-0.4, -0.2) is 13.0 Å². The Kier molecular flexibility index (Phi) is 3.69. The number of methoxy groups -OCH3 is 1. The Morgan fingerprint density at radius 1 is 1.60 bits per heavy atom. The van der Waals surface area contributed by atoms with E-state index in [0.717, 1.165) is 5.56 Å². The number of hydrogen-bond donors (Lipinski definition) is 1. The van der Waals surface area contributed by atoms with Crippen LogP contribution in [0.5, 0.6) is 5.75 Å². The summed E-state index contributed by atoms with van der Waals surface area (Å²) in [4.78, 5) is 11.2. The van der Waals surface area contributed by atoms with E-state index in [9.17, 15) is 4.79 Å². The van der Waals surface area contributed by atoms with Crippen LogP contribution in [0.1, 0.15) is 12.0 Å². The van der Waals surface area contributed by atoms with Crippen molar-refractivity contribution in [1.29, 1.82) is 5.26 Å². The van der Waals surface area contributed by atoms with Crippen molar-refractivity contribution < 1.29 is 9.53 Å². The van der Waals surface area contributed by atoms with Crippen molar-refractivity contribution in [2.24, 2.45) is 0 Å². The number of amides is 1. The number of aryl methyl sites for hydroxylation is 1. The second-order valence-electron chi connectivity index (χ2n) is 3.09. The fourth-order valence-corrected chi connectivity index (χ4v) is 1.19. The van der Waals surface area contributed by atoms with Gasteiger partial charge in [0, 0.05) is 0 Å². The van der Waals surface area contributed by atoms with E-state index in [2.05, 4.69) is 5.32 Å². The largest absolute Gasteiger partial charge is 0.495 e. The maximum absolute atomic E-state index is 11.2. The molecule has 1 amide bonds. The number of ether oxygens (including phenoxy) is 1. The lowest BCUT2D eigenvalue weighted by Crippen LogP contribution is -2.11. The van der Waals surface area contributed by atoms with Gasteiger partial charge >= 0.3 is 0 Å². The molecule has 0 bridgehead atoms. The van der Waals surface area contributed by atoms with Gasteiger partial charge in [-0.2, -0.15) is 5.26 Å². The van der Waals surface area contributed by atoms with E-state index in [1.807, 2.05) is 13.0 Å². The lowest BCUT2D eigenvalue weighted by atomic mass is 10.2. The Morgan fingerprint density at radius 3 is 2.93 bits per heavy atom. The van der Waals surface area contributed by atoms with Gasteiger partial charge in [-0.3, -0.25) is 4.79 Å². The summed E-state index contributed by atoms with van der Waals surface area (Å²) < 4.78 is 5.08. The average Bonchev–Trinajstić information content (AvgIpc) is 2.18. The summed E-state index contributed by atoms with van der Waals surface area (Å²) in [6.45, 7) is 1.92. The van der Waals surface area contributed by atoms with Crippen molar-refractivity contribution >= 4 is 11.6 Å². The quantitative estimate of drug-likeness (QED) is 0.817. The highest BCUT2D eigenvalue weighted by molar-refractivity contribution is 5.93. The molecule has 0 aromatic heterocycles. The van der Waals surface area contributed by atoms with E-state index in [1.165, 1.54) is 7.11 Å². The number of hydrogen-bond acceptors (Lipinski definition) is 3. The Labute approximate surface area is 88.5 Å². The lowest BCUT2D eigenvalue weighted by molar-refractivity contribution is -0.115. The molecule has 1 aromatic carbocycles. The number of nitriles is 1. The van der Waals surface area contributed by atoms with E-state index >= 15 is 0 Å². The molecule has 0 atom stereocenters. The first kappa shape index (κ1) is 11.1. The standard InChI is InChI=1S/C11H12N2O2/c1-8-3-4-10(15-2)9(7-8)13-11(14)5-6-12/h3-4,7H,5H2,1-2H3,(H,13,14). The topological polar surface area (TPSA) is 62.1 Å². The number of carbonyl (C=O) groups excluding carboxylic acids is 1. The van der Waals surface area contributed by atoms with Crippen LogP contribution in [0.2, 0.25) is 0 Å². The highest BCUT2D eigenvalue weighted by Crippen LogP contribution is 2.25. The zero-order chi connectivity index (χ0) is 11.3. The normalized spacial score (nSPS) is 9.13.